The van der Waals surface area contributed by atoms with Gasteiger partial charge in [-0.15, -0.1) is 0 Å². The van der Waals surface area contributed by atoms with Crippen molar-refractivity contribution in [2.75, 3.05) is 18.1 Å². The highest BCUT2D eigenvalue weighted by Crippen LogP contribution is 2.50. The molecule has 1 aliphatic heterocycles. The standard InChI is InChI=1S/C9H16O3S/c10-6-8-2-1-3-9(8)4-5-13(11,12)7-9/h8,10H,1-7H2. The van der Waals surface area contributed by atoms with Crippen LogP contribution in [0.3, 0.4) is 0 Å². The van der Waals surface area contributed by atoms with Crippen LogP contribution in [-0.2, 0) is 9.84 Å². The Morgan fingerprint density at radius 2 is 2.15 bits per heavy atom. The molecular weight excluding hydrogens is 188 g/mol. The van der Waals surface area contributed by atoms with Crippen LogP contribution in [0.15, 0.2) is 0 Å². The second-order valence-corrected chi connectivity index (χ2v) is 6.66. The van der Waals surface area contributed by atoms with Gasteiger partial charge in [-0.3, -0.25) is 0 Å². The van der Waals surface area contributed by atoms with E-state index in [0.717, 1.165) is 25.7 Å². The van der Waals surface area contributed by atoms with E-state index in [0.29, 0.717) is 11.5 Å². The lowest BCUT2D eigenvalue weighted by Crippen LogP contribution is -2.29. The van der Waals surface area contributed by atoms with Crippen molar-refractivity contribution in [2.24, 2.45) is 11.3 Å². The number of aliphatic hydroxyl groups excluding tert-OH is 1. The highest BCUT2D eigenvalue weighted by Gasteiger charge is 2.49. The summed E-state index contributed by atoms with van der Waals surface area (Å²) in [6.45, 7) is 0.162. The van der Waals surface area contributed by atoms with Crippen LogP contribution in [0.1, 0.15) is 25.7 Å². The third-order valence-electron chi connectivity index (χ3n) is 3.73. The van der Waals surface area contributed by atoms with Crippen molar-refractivity contribution in [2.45, 2.75) is 25.7 Å². The van der Waals surface area contributed by atoms with Gasteiger partial charge in [0.2, 0.25) is 0 Å². The van der Waals surface area contributed by atoms with Gasteiger partial charge in [0.1, 0.15) is 0 Å². The molecule has 0 aromatic rings. The molecule has 0 radical (unpaired) electrons. The van der Waals surface area contributed by atoms with Crippen molar-refractivity contribution in [1.29, 1.82) is 0 Å². The van der Waals surface area contributed by atoms with Crippen molar-refractivity contribution in [3.05, 3.63) is 0 Å². The van der Waals surface area contributed by atoms with Crippen LogP contribution >= 0.6 is 0 Å². The van der Waals surface area contributed by atoms with E-state index in [9.17, 15) is 8.42 Å². The van der Waals surface area contributed by atoms with Crippen LogP contribution in [0.25, 0.3) is 0 Å². The smallest absolute Gasteiger partial charge is 0.150 e. The van der Waals surface area contributed by atoms with Crippen LogP contribution in [-0.4, -0.2) is 31.6 Å². The maximum atomic E-state index is 11.4. The average Bonchev–Trinajstić information content (AvgIpc) is 2.57. The van der Waals surface area contributed by atoms with Crippen LogP contribution in [0.2, 0.25) is 0 Å². The summed E-state index contributed by atoms with van der Waals surface area (Å²) in [6.07, 6.45) is 3.87. The van der Waals surface area contributed by atoms with E-state index in [-0.39, 0.29) is 17.9 Å². The molecule has 76 valence electrons. The second kappa shape index (κ2) is 2.95. The highest BCUT2D eigenvalue weighted by atomic mass is 32.2. The molecule has 0 aromatic carbocycles. The first-order valence-electron chi connectivity index (χ1n) is 4.89. The molecule has 1 spiro atoms. The first-order valence-corrected chi connectivity index (χ1v) is 6.71. The number of hydrogen-bond donors (Lipinski definition) is 1. The van der Waals surface area contributed by atoms with Gasteiger partial charge in [0, 0.05) is 6.61 Å². The van der Waals surface area contributed by atoms with Gasteiger partial charge in [0.05, 0.1) is 11.5 Å². The molecule has 0 amide bonds. The molecule has 1 saturated carbocycles. The predicted molar refractivity (Wildman–Crippen MR) is 50.1 cm³/mol. The molecule has 0 bridgehead atoms. The summed E-state index contributed by atoms with van der Waals surface area (Å²) >= 11 is 0. The van der Waals surface area contributed by atoms with Gasteiger partial charge < -0.3 is 5.11 Å². The lowest BCUT2D eigenvalue weighted by Gasteiger charge is -2.28. The van der Waals surface area contributed by atoms with Crippen LogP contribution < -0.4 is 0 Å². The quantitative estimate of drug-likeness (QED) is 0.680. The SMILES string of the molecule is O=S1(=O)CCC2(CCCC2CO)C1. The summed E-state index contributed by atoms with van der Waals surface area (Å²) in [5.74, 6) is 0.902. The molecule has 0 aromatic heterocycles. The van der Waals surface area contributed by atoms with E-state index < -0.39 is 9.84 Å². The van der Waals surface area contributed by atoms with Crippen LogP contribution in [0.5, 0.6) is 0 Å². The number of sulfone groups is 1. The maximum Gasteiger partial charge on any atom is 0.150 e. The molecule has 2 fully saturated rings. The Kier molecular flexibility index (Phi) is 2.15. The van der Waals surface area contributed by atoms with Gasteiger partial charge in [-0.05, 0) is 30.6 Å². The zero-order chi connectivity index (χ0) is 9.53. The van der Waals surface area contributed by atoms with Crippen molar-refractivity contribution in [3.63, 3.8) is 0 Å². The Bertz CT molecular complexity index is 296. The Morgan fingerprint density at radius 1 is 1.38 bits per heavy atom. The number of hydrogen-bond acceptors (Lipinski definition) is 3. The second-order valence-electron chi connectivity index (χ2n) is 4.48. The van der Waals surface area contributed by atoms with Gasteiger partial charge in [-0.1, -0.05) is 6.42 Å². The molecule has 1 heterocycles. The first kappa shape index (κ1) is 9.46. The van der Waals surface area contributed by atoms with Gasteiger partial charge in [0.25, 0.3) is 0 Å². The molecular formula is C9H16O3S. The van der Waals surface area contributed by atoms with Crippen molar-refractivity contribution >= 4 is 9.84 Å². The normalized spacial score (nSPS) is 43.0. The average molecular weight is 204 g/mol. The molecule has 1 aliphatic carbocycles. The fourth-order valence-corrected chi connectivity index (χ4v) is 5.22. The topological polar surface area (TPSA) is 54.4 Å². The number of aliphatic hydroxyl groups is 1. The van der Waals surface area contributed by atoms with Crippen molar-refractivity contribution < 1.29 is 13.5 Å². The van der Waals surface area contributed by atoms with Gasteiger partial charge in [-0.25, -0.2) is 8.42 Å². The lowest BCUT2D eigenvalue weighted by atomic mass is 9.78. The first-order chi connectivity index (χ1) is 6.08. The Labute approximate surface area is 79.1 Å². The fourth-order valence-electron chi connectivity index (χ4n) is 2.96. The maximum absolute atomic E-state index is 11.4. The third-order valence-corrected chi connectivity index (χ3v) is 5.57. The van der Waals surface area contributed by atoms with Crippen LogP contribution in [0.4, 0.5) is 0 Å². The summed E-state index contributed by atoms with van der Waals surface area (Å²) in [6, 6.07) is 0. The minimum Gasteiger partial charge on any atom is -0.396 e. The molecule has 4 heteroatoms. The molecule has 2 atom stereocenters. The predicted octanol–water partition coefficient (Wildman–Crippen LogP) is 0.584. The molecule has 1 N–H and O–H groups in total. The molecule has 2 rings (SSSR count). The molecule has 2 aliphatic rings. The Balaban J connectivity index is 2.22. The van der Waals surface area contributed by atoms with Gasteiger partial charge in [-0.2, -0.15) is 0 Å². The molecule has 2 unspecified atom stereocenters. The van der Waals surface area contributed by atoms with E-state index in [2.05, 4.69) is 0 Å². The zero-order valence-electron chi connectivity index (χ0n) is 7.70. The molecule has 13 heavy (non-hydrogen) atoms. The molecule has 1 saturated heterocycles. The molecule has 3 nitrogen and oxygen atoms in total. The Hall–Kier alpha value is -0.0900. The zero-order valence-corrected chi connectivity index (χ0v) is 8.52. The summed E-state index contributed by atoms with van der Waals surface area (Å²) in [4.78, 5) is 0. The van der Waals surface area contributed by atoms with E-state index in [1.54, 1.807) is 0 Å². The Morgan fingerprint density at radius 3 is 2.69 bits per heavy atom. The highest BCUT2D eigenvalue weighted by molar-refractivity contribution is 7.91. The fraction of sp³-hybridized carbons (Fsp3) is 1.00. The number of rotatable bonds is 1. The van der Waals surface area contributed by atoms with E-state index >= 15 is 0 Å². The minimum absolute atomic E-state index is 0.0480. The summed E-state index contributed by atoms with van der Waals surface area (Å²) < 4.78 is 22.7. The summed E-state index contributed by atoms with van der Waals surface area (Å²) in [7, 11) is -2.79. The third kappa shape index (κ3) is 1.50. The summed E-state index contributed by atoms with van der Waals surface area (Å²) in [5.41, 5.74) is -0.0480. The van der Waals surface area contributed by atoms with E-state index in [1.165, 1.54) is 0 Å². The van der Waals surface area contributed by atoms with E-state index in [4.69, 9.17) is 5.11 Å². The largest absolute Gasteiger partial charge is 0.396 e. The summed E-state index contributed by atoms with van der Waals surface area (Å²) in [5, 5.41) is 9.17. The van der Waals surface area contributed by atoms with Crippen LogP contribution in [0, 0.1) is 11.3 Å². The van der Waals surface area contributed by atoms with E-state index in [1.807, 2.05) is 0 Å². The lowest BCUT2D eigenvalue weighted by molar-refractivity contribution is 0.136. The van der Waals surface area contributed by atoms with Crippen molar-refractivity contribution in [3.8, 4) is 0 Å². The van der Waals surface area contributed by atoms with Gasteiger partial charge in [0.15, 0.2) is 9.84 Å². The monoisotopic (exact) mass is 204 g/mol. The minimum atomic E-state index is -2.79. The van der Waals surface area contributed by atoms with Gasteiger partial charge >= 0.3 is 0 Å². The van der Waals surface area contributed by atoms with Crippen molar-refractivity contribution in [1.82, 2.24) is 0 Å².